The molecule has 2 heterocycles. The second kappa shape index (κ2) is 4.90. The summed E-state index contributed by atoms with van der Waals surface area (Å²) in [5.74, 6) is -0.515. The van der Waals surface area contributed by atoms with E-state index in [1.807, 2.05) is 0 Å². The van der Waals surface area contributed by atoms with Crippen LogP contribution in [-0.2, 0) is 0 Å². The Labute approximate surface area is 118 Å². The Balaban J connectivity index is 2.06. The Hall–Kier alpha value is -2.47. The smallest absolute Gasteiger partial charge is 0.143 e. The molecular weight excluding hydrogens is 281 g/mol. The Kier molecular flexibility index (Phi) is 3.08. The van der Waals surface area contributed by atoms with Gasteiger partial charge in [-0.2, -0.15) is 5.10 Å². The molecule has 0 radical (unpaired) electrons. The minimum absolute atomic E-state index is 0.0584. The van der Waals surface area contributed by atoms with E-state index in [-0.39, 0.29) is 5.02 Å². The number of hydrogen-bond donors (Lipinski definition) is 1. The number of nitrogen functional groups attached to an aromatic ring is 1. The maximum Gasteiger partial charge on any atom is 0.143 e. The molecule has 0 aliphatic heterocycles. The zero-order valence-electron chi connectivity index (χ0n) is 10.2. The summed E-state index contributed by atoms with van der Waals surface area (Å²) in [6.07, 6.45) is 6.26. The van der Waals surface area contributed by atoms with Gasteiger partial charge in [-0.1, -0.05) is 11.6 Å². The number of hydrogen-bond acceptors (Lipinski definition) is 4. The predicted molar refractivity (Wildman–Crippen MR) is 74.0 cm³/mol. The first-order valence-corrected chi connectivity index (χ1v) is 6.10. The van der Waals surface area contributed by atoms with E-state index in [9.17, 15) is 4.39 Å². The van der Waals surface area contributed by atoms with Gasteiger partial charge in [0.25, 0.3) is 0 Å². The van der Waals surface area contributed by atoms with Crippen molar-refractivity contribution in [2.45, 2.75) is 0 Å². The van der Waals surface area contributed by atoms with E-state index >= 15 is 0 Å². The van der Waals surface area contributed by atoms with Gasteiger partial charge in [-0.3, -0.25) is 9.97 Å². The van der Waals surface area contributed by atoms with Crippen molar-refractivity contribution in [3.63, 3.8) is 0 Å². The van der Waals surface area contributed by atoms with Gasteiger partial charge in [0.1, 0.15) is 17.2 Å². The summed E-state index contributed by atoms with van der Waals surface area (Å²) in [4.78, 5) is 8.10. The quantitative estimate of drug-likeness (QED) is 0.787. The lowest BCUT2D eigenvalue weighted by Gasteiger charge is -2.02. The van der Waals surface area contributed by atoms with Gasteiger partial charge in [0.05, 0.1) is 28.8 Å². The second-order valence-corrected chi connectivity index (χ2v) is 4.47. The fraction of sp³-hybridized carbons (Fsp3) is 0. The maximum absolute atomic E-state index is 13.5. The number of nitrogens with two attached hydrogens (primary N) is 1. The molecule has 2 aromatic heterocycles. The van der Waals surface area contributed by atoms with Crippen LogP contribution >= 0.6 is 11.6 Å². The summed E-state index contributed by atoms with van der Waals surface area (Å²) in [5, 5.41) is 4.36. The lowest BCUT2D eigenvalue weighted by Crippen LogP contribution is -1.96. The van der Waals surface area contributed by atoms with E-state index in [1.165, 1.54) is 16.8 Å². The van der Waals surface area contributed by atoms with Crippen molar-refractivity contribution < 1.29 is 4.39 Å². The van der Waals surface area contributed by atoms with Crippen LogP contribution in [0.15, 0.2) is 43.0 Å². The van der Waals surface area contributed by atoms with Crippen LogP contribution < -0.4 is 5.73 Å². The predicted octanol–water partition coefficient (Wildman–Crippen LogP) is 2.70. The average Bonchev–Trinajstić information content (AvgIpc) is 2.85. The molecule has 0 saturated carbocycles. The van der Waals surface area contributed by atoms with Gasteiger partial charge < -0.3 is 5.73 Å². The van der Waals surface area contributed by atoms with Crippen LogP contribution in [0, 0.1) is 5.82 Å². The molecular formula is C13H9ClFN5. The van der Waals surface area contributed by atoms with Crippen molar-refractivity contribution in [2.75, 3.05) is 5.73 Å². The van der Waals surface area contributed by atoms with Crippen LogP contribution in [0.1, 0.15) is 0 Å². The molecule has 0 aliphatic rings. The summed E-state index contributed by atoms with van der Waals surface area (Å²) in [5.41, 5.74) is 7.91. The summed E-state index contributed by atoms with van der Waals surface area (Å²) >= 11 is 5.65. The van der Waals surface area contributed by atoms with Crippen LogP contribution in [-0.4, -0.2) is 19.7 Å². The fourth-order valence-corrected chi connectivity index (χ4v) is 1.89. The lowest BCUT2D eigenvalue weighted by molar-refractivity contribution is 0.626. The number of rotatable bonds is 2. The first-order chi connectivity index (χ1) is 9.65. The summed E-state index contributed by atoms with van der Waals surface area (Å²) < 4.78 is 14.9. The van der Waals surface area contributed by atoms with Gasteiger partial charge >= 0.3 is 0 Å². The number of nitrogens with zero attached hydrogens (tertiary/aromatic N) is 4. The molecule has 5 nitrogen and oxygen atoms in total. The molecule has 20 heavy (non-hydrogen) atoms. The molecule has 0 spiro atoms. The highest BCUT2D eigenvalue weighted by molar-refractivity contribution is 6.30. The molecule has 7 heteroatoms. The molecule has 0 aliphatic carbocycles. The molecule has 0 unspecified atom stereocenters. The van der Waals surface area contributed by atoms with Crippen molar-refractivity contribution >= 4 is 17.3 Å². The third-order valence-electron chi connectivity index (χ3n) is 2.72. The largest absolute Gasteiger partial charge is 0.396 e. The molecule has 1 aromatic carbocycles. The third-order valence-corrected chi connectivity index (χ3v) is 3.02. The summed E-state index contributed by atoms with van der Waals surface area (Å²) in [6.45, 7) is 0. The minimum atomic E-state index is -0.515. The van der Waals surface area contributed by atoms with E-state index in [1.54, 1.807) is 30.9 Å². The zero-order valence-corrected chi connectivity index (χ0v) is 10.9. The van der Waals surface area contributed by atoms with Crippen LogP contribution in [0.2, 0.25) is 5.02 Å². The van der Waals surface area contributed by atoms with Gasteiger partial charge in [-0.05, 0) is 12.1 Å². The van der Waals surface area contributed by atoms with Gasteiger partial charge in [0.2, 0.25) is 0 Å². The Bertz CT molecular complexity index is 757. The second-order valence-electron chi connectivity index (χ2n) is 4.07. The van der Waals surface area contributed by atoms with Crippen molar-refractivity contribution in [1.29, 1.82) is 0 Å². The first kappa shape index (κ1) is 12.6. The minimum Gasteiger partial charge on any atom is -0.396 e. The van der Waals surface area contributed by atoms with E-state index in [0.717, 1.165) is 0 Å². The molecule has 2 N–H and O–H groups in total. The third kappa shape index (κ3) is 2.21. The summed E-state index contributed by atoms with van der Waals surface area (Å²) in [7, 11) is 0. The number of anilines is 1. The monoisotopic (exact) mass is 289 g/mol. The first-order valence-electron chi connectivity index (χ1n) is 5.72. The van der Waals surface area contributed by atoms with Crippen LogP contribution in [0.5, 0.6) is 0 Å². The molecule has 0 bridgehead atoms. The van der Waals surface area contributed by atoms with Gasteiger partial charge in [0, 0.05) is 18.5 Å². The van der Waals surface area contributed by atoms with E-state index in [2.05, 4.69) is 15.1 Å². The Morgan fingerprint density at radius 1 is 1.25 bits per heavy atom. The molecule has 0 amide bonds. The van der Waals surface area contributed by atoms with Crippen LogP contribution in [0.3, 0.4) is 0 Å². The Morgan fingerprint density at radius 3 is 2.80 bits per heavy atom. The lowest BCUT2D eigenvalue weighted by atomic mass is 10.3. The number of benzene rings is 1. The highest BCUT2D eigenvalue weighted by atomic mass is 35.5. The SMILES string of the molecule is Nc1cn(-c2ccc(Cl)c(F)c2)nc1-c1cnccn1. The van der Waals surface area contributed by atoms with Crippen LogP contribution in [0.4, 0.5) is 10.1 Å². The molecule has 0 fully saturated rings. The van der Waals surface area contributed by atoms with Crippen molar-refractivity contribution in [3.8, 4) is 17.1 Å². The van der Waals surface area contributed by atoms with Crippen LogP contribution in [0.25, 0.3) is 17.1 Å². The highest BCUT2D eigenvalue weighted by Crippen LogP contribution is 2.24. The molecule has 0 saturated heterocycles. The molecule has 3 aromatic rings. The number of halogens is 2. The van der Waals surface area contributed by atoms with E-state index in [4.69, 9.17) is 17.3 Å². The van der Waals surface area contributed by atoms with Gasteiger partial charge in [0.15, 0.2) is 0 Å². The van der Waals surface area contributed by atoms with E-state index < -0.39 is 5.82 Å². The molecule has 3 rings (SSSR count). The van der Waals surface area contributed by atoms with Crippen molar-refractivity contribution in [3.05, 3.63) is 53.8 Å². The topological polar surface area (TPSA) is 69.6 Å². The maximum atomic E-state index is 13.5. The standard InChI is InChI=1S/C13H9ClFN5/c14-9-2-1-8(5-10(9)15)20-7-11(16)13(19-20)12-6-17-3-4-18-12/h1-7H,16H2. The fourth-order valence-electron chi connectivity index (χ4n) is 1.77. The average molecular weight is 290 g/mol. The molecule has 0 atom stereocenters. The normalized spacial score (nSPS) is 10.7. The van der Waals surface area contributed by atoms with Crippen molar-refractivity contribution in [2.24, 2.45) is 0 Å². The zero-order chi connectivity index (χ0) is 14.1. The van der Waals surface area contributed by atoms with Gasteiger partial charge in [-0.15, -0.1) is 0 Å². The Morgan fingerprint density at radius 2 is 2.10 bits per heavy atom. The number of aromatic nitrogens is 4. The highest BCUT2D eigenvalue weighted by Gasteiger charge is 2.11. The van der Waals surface area contributed by atoms with Crippen molar-refractivity contribution in [1.82, 2.24) is 19.7 Å². The van der Waals surface area contributed by atoms with E-state index in [0.29, 0.717) is 22.8 Å². The summed E-state index contributed by atoms with van der Waals surface area (Å²) in [6, 6.07) is 4.40. The molecule has 100 valence electrons. The van der Waals surface area contributed by atoms with Gasteiger partial charge in [-0.25, -0.2) is 9.07 Å².